The Balaban J connectivity index is 3.28. The molecule has 0 radical (unpaired) electrons. The second-order valence-corrected chi connectivity index (χ2v) is 3.32. The quantitative estimate of drug-likeness (QED) is 0.266. The van der Waals surface area contributed by atoms with Gasteiger partial charge in [0.25, 0.3) is 0 Å². The molecule has 0 aliphatic rings. The molecule has 1 unspecified atom stereocenters. The summed E-state index contributed by atoms with van der Waals surface area (Å²) in [7, 11) is -3.35. The molecule has 0 aromatic carbocycles. The Morgan fingerprint density at radius 2 is 2.56 bits per heavy atom. The fraction of sp³-hybridized carbons (Fsp3) is 0.500. The summed E-state index contributed by atoms with van der Waals surface area (Å²) in [6, 6.07) is 0. The van der Waals surface area contributed by atoms with Crippen LogP contribution in [0.4, 0.5) is 0 Å². The fourth-order valence-electron chi connectivity index (χ4n) is 0.216. The van der Waals surface area contributed by atoms with Gasteiger partial charge in [0.05, 0.1) is 0 Å². The Morgan fingerprint density at radius 1 is 2.00 bits per heavy atom. The van der Waals surface area contributed by atoms with E-state index < -0.39 is 7.60 Å². The third kappa shape index (κ3) is 7.85. The van der Waals surface area contributed by atoms with Crippen LogP contribution >= 0.6 is 7.60 Å². The predicted octanol–water partition coefficient (Wildman–Crippen LogP) is 0.509. The molecule has 1 atom stereocenters. The van der Waals surface area contributed by atoms with Crippen LogP contribution in [-0.4, -0.2) is 18.1 Å². The lowest BCUT2D eigenvalue weighted by atomic mass is 10.7. The second-order valence-electron chi connectivity index (χ2n) is 1.53. The van der Waals surface area contributed by atoms with Crippen LogP contribution in [0, 0.1) is 0 Å². The van der Waals surface area contributed by atoms with E-state index in [1.807, 2.05) is 0 Å². The third-order valence-corrected chi connectivity index (χ3v) is 0.929. The highest BCUT2D eigenvalue weighted by Crippen LogP contribution is 2.34. The van der Waals surface area contributed by atoms with E-state index in [9.17, 15) is 4.57 Å². The molecular weight excluding hydrogens is 141 g/mol. The van der Waals surface area contributed by atoms with Crippen molar-refractivity contribution < 1.29 is 14.1 Å². The summed E-state index contributed by atoms with van der Waals surface area (Å²) in [5.74, 6) is 0. The maximum Gasteiger partial charge on any atom is 0.341 e. The lowest BCUT2D eigenvalue weighted by Crippen LogP contribution is -2.11. The van der Waals surface area contributed by atoms with Crippen molar-refractivity contribution in [2.75, 3.05) is 13.2 Å². The van der Waals surface area contributed by atoms with Crippen molar-refractivity contribution in [2.45, 2.75) is 0 Å². The molecule has 0 aromatic heterocycles. The summed E-state index contributed by atoms with van der Waals surface area (Å²) >= 11 is 0. The van der Waals surface area contributed by atoms with Gasteiger partial charge in [0, 0.05) is 13.2 Å². The zero-order valence-electron chi connectivity index (χ0n) is 5.20. The molecule has 4 nitrogen and oxygen atoms in total. The van der Waals surface area contributed by atoms with Crippen molar-refractivity contribution in [3.05, 3.63) is 12.7 Å². The van der Waals surface area contributed by atoms with Gasteiger partial charge in [0.2, 0.25) is 0 Å². The van der Waals surface area contributed by atoms with Crippen molar-refractivity contribution in [3.63, 3.8) is 0 Å². The molecule has 0 aliphatic carbocycles. The van der Waals surface area contributed by atoms with Crippen molar-refractivity contribution in [1.29, 1.82) is 0 Å². The smallest absolute Gasteiger partial charge is 0.324 e. The molecule has 0 spiro atoms. The van der Waals surface area contributed by atoms with Gasteiger partial charge in [-0.15, -0.1) is 6.58 Å². The van der Waals surface area contributed by atoms with Crippen molar-refractivity contribution in [1.82, 2.24) is 5.48 Å². The Hall–Kier alpha value is -0.150. The molecule has 0 saturated carbocycles. The first-order valence-electron chi connectivity index (χ1n) is 2.39. The minimum atomic E-state index is -3.35. The Morgan fingerprint density at radius 3 is 2.89 bits per heavy atom. The van der Waals surface area contributed by atoms with E-state index in [1.165, 1.54) is 6.08 Å². The summed E-state index contributed by atoms with van der Waals surface area (Å²) in [5.41, 5.74) is 2.24. The maximum atomic E-state index is 10.3. The molecule has 0 bridgehead atoms. The molecule has 5 heteroatoms. The number of hydrogen-bond acceptors (Lipinski definition) is 3. The van der Waals surface area contributed by atoms with Gasteiger partial charge in [-0.1, -0.05) is 6.08 Å². The Labute approximate surface area is 54.0 Å². The van der Waals surface area contributed by atoms with Crippen LogP contribution < -0.4 is 5.48 Å². The zero-order valence-corrected chi connectivity index (χ0v) is 6.10. The minimum absolute atomic E-state index is 0.360. The largest absolute Gasteiger partial charge is 0.341 e. The SMILES string of the molecule is C=CCNOP(C)(=O)O. The number of hydrogen-bond donors (Lipinski definition) is 2. The molecule has 2 N–H and O–H groups in total. The van der Waals surface area contributed by atoms with Crippen LogP contribution in [0.5, 0.6) is 0 Å². The molecule has 0 aliphatic heterocycles. The minimum Gasteiger partial charge on any atom is -0.324 e. The average Bonchev–Trinajstić information content (AvgIpc) is 1.63. The molecule has 0 fully saturated rings. The van der Waals surface area contributed by atoms with Crippen molar-refractivity contribution >= 4 is 7.60 Å². The predicted molar refractivity (Wildman–Crippen MR) is 35.0 cm³/mol. The van der Waals surface area contributed by atoms with Crippen molar-refractivity contribution in [3.8, 4) is 0 Å². The Bertz CT molecular complexity index is 130. The third-order valence-electron chi connectivity index (χ3n) is 0.462. The van der Waals surface area contributed by atoms with Gasteiger partial charge < -0.3 is 4.89 Å². The summed E-state index contributed by atoms with van der Waals surface area (Å²) in [5, 5.41) is 0. The van der Waals surface area contributed by atoms with Gasteiger partial charge in [-0.3, -0.25) is 4.57 Å². The molecular formula is C4H10NO3P. The van der Waals surface area contributed by atoms with E-state index in [0.29, 0.717) is 6.54 Å². The summed E-state index contributed by atoms with van der Waals surface area (Å²) in [4.78, 5) is 8.48. The zero-order chi connectivity index (χ0) is 7.33. The van der Waals surface area contributed by atoms with E-state index in [2.05, 4.69) is 16.7 Å². The van der Waals surface area contributed by atoms with Crippen LogP contribution in [0.2, 0.25) is 0 Å². The van der Waals surface area contributed by atoms with Gasteiger partial charge in [-0.2, -0.15) is 5.48 Å². The van der Waals surface area contributed by atoms with Crippen molar-refractivity contribution in [2.24, 2.45) is 0 Å². The first-order chi connectivity index (χ1) is 4.06. The fourth-order valence-corrected chi connectivity index (χ4v) is 0.530. The van der Waals surface area contributed by atoms with Gasteiger partial charge in [-0.25, -0.2) is 4.62 Å². The molecule has 0 aromatic rings. The molecule has 0 heterocycles. The molecule has 0 rings (SSSR count). The number of nitrogens with one attached hydrogen (secondary N) is 1. The topological polar surface area (TPSA) is 58.6 Å². The molecule has 54 valence electrons. The van der Waals surface area contributed by atoms with Crippen LogP contribution in [0.25, 0.3) is 0 Å². The average molecular weight is 151 g/mol. The van der Waals surface area contributed by atoms with E-state index in [0.717, 1.165) is 6.66 Å². The second kappa shape index (κ2) is 3.80. The normalized spacial score (nSPS) is 16.7. The first-order valence-corrected chi connectivity index (χ1v) is 4.41. The summed E-state index contributed by atoms with van der Waals surface area (Å²) < 4.78 is 14.6. The molecule has 0 saturated heterocycles. The van der Waals surface area contributed by atoms with Crippen LogP contribution in [0.1, 0.15) is 0 Å². The highest BCUT2D eigenvalue weighted by molar-refractivity contribution is 7.51. The van der Waals surface area contributed by atoms with Crippen LogP contribution in [0.3, 0.4) is 0 Å². The van der Waals surface area contributed by atoms with Gasteiger partial charge in [0.15, 0.2) is 0 Å². The summed E-state index contributed by atoms with van der Waals surface area (Å²) in [6.45, 7) is 4.83. The lowest BCUT2D eigenvalue weighted by molar-refractivity contribution is 0.180. The maximum absolute atomic E-state index is 10.3. The van der Waals surface area contributed by atoms with E-state index in [4.69, 9.17) is 4.89 Å². The molecule has 0 amide bonds. The van der Waals surface area contributed by atoms with Gasteiger partial charge in [-0.05, 0) is 0 Å². The number of hydroxylamine groups is 1. The van der Waals surface area contributed by atoms with Crippen LogP contribution in [0.15, 0.2) is 12.7 Å². The monoisotopic (exact) mass is 151 g/mol. The summed E-state index contributed by atoms with van der Waals surface area (Å²) in [6.07, 6.45) is 1.52. The lowest BCUT2D eigenvalue weighted by Gasteiger charge is -2.04. The number of rotatable bonds is 4. The standard InChI is InChI=1S/C4H10NO3P/c1-3-4-5-8-9(2,6)7/h3,5H,1,4H2,2H3,(H,6,7). The van der Waals surface area contributed by atoms with Gasteiger partial charge in [0.1, 0.15) is 0 Å². The molecule has 9 heavy (non-hydrogen) atoms. The van der Waals surface area contributed by atoms with E-state index in [-0.39, 0.29) is 0 Å². The highest BCUT2D eigenvalue weighted by Gasteiger charge is 2.07. The Kier molecular flexibility index (Phi) is 3.73. The first kappa shape index (κ1) is 8.85. The van der Waals surface area contributed by atoms with Crippen LogP contribution in [-0.2, 0) is 9.19 Å². The van der Waals surface area contributed by atoms with E-state index in [1.54, 1.807) is 0 Å². The van der Waals surface area contributed by atoms with Gasteiger partial charge >= 0.3 is 7.60 Å². The van der Waals surface area contributed by atoms with E-state index >= 15 is 0 Å². The highest BCUT2D eigenvalue weighted by atomic mass is 31.2.